The van der Waals surface area contributed by atoms with Crippen LogP contribution in [0.4, 0.5) is 23.7 Å². The molecule has 0 unspecified atom stereocenters. The number of aliphatic hydroxyl groups excluding tert-OH is 1. The largest absolute Gasteiger partial charge is 0.395 e. The van der Waals surface area contributed by atoms with E-state index in [4.69, 9.17) is 0 Å². The number of hydrogen-bond acceptors (Lipinski definition) is 2. The van der Waals surface area contributed by atoms with Gasteiger partial charge < -0.3 is 15.3 Å². The number of urea groups is 1. The van der Waals surface area contributed by atoms with Crippen molar-refractivity contribution in [2.75, 3.05) is 18.5 Å². The lowest BCUT2D eigenvalue weighted by Crippen LogP contribution is -2.45. The summed E-state index contributed by atoms with van der Waals surface area (Å²) in [6.45, 7) is 0.00601. The topological polar surface area (TPSA) is 52.6 Å². The standard InChI is InChI=1S/C17H23F3N2O2/c18-17(19,20)12-13-6-4-5-9-15(13)21-16(24)22(10-11-23)14-7-2-1-3-8-14/h4-6,9,14,23H,1-3,7-8,10-12H2,(H,21,24). The molecule has 1 aliphatic carbocycles. The van der Waals surface area contributed by atoms with Gasteiger partial charge in [0.15, 0.2) is 0 Å². The molecule has 2 amide bonds. The summed E-state index contributed by atoms with van der Waals surface area (Å²) < 4.78 is 38.0. The van der Waals surface area contributed by atoms with Crippen LogP contribution in [0.2, 0.25) is 0 Å². The molecule has 7 heteroatoms. The van der Waals surface area contributed by atoms with Crippen LogP contribution in [0, 0.1) is 0 Å². The van der Waals surface area contributed by atoms with E-state index in [-0.39, 0.29) is 30.4 Å². The van der Waals surface area contributed by atoms with Crippen molar-refractivity contribution in [1.82, 2.24) is 4.90 Å². The molecule has 1 aromatic carbocycles. The summed E-state index contributed by atoms with van der Waals surface area (Å²) >= 11 is 0. The first-order chi connectivity index (χ1) is 11.4. The Morgan fingerprint density at radius 1 is 1.21 bits per heavy atom. The fourth-order valence-electron chi connectivity index (χ4n) is 3.15. The van der Waals surface area contributed by atoms with E-state index in [9.17, 15) is 23.1 Å². The van der Waals surface area contributed by atoms with Gasteiger partial charge in [-0.3, -0.25) is 0 Å². The molecule has 24 heavy (non-hydrogen) atoms. The van der Waals surface area contributed by atoms with E-state index in [0.717, 1.165) is 32.1 Å². The average Bonchev–Trinajstić information content (AvgIpc) is 2.54. The molecule has 1 saturated carbocycles. The fraction of sp³-hybridized carbons (Fsp3) is 0.588. The summed E-state index contributed by atoms with van der Waals surface area (Å²) in [6.07, 6.45) is -0.550. The highest BCUT2D eigenvalue weighted by Crippen LogP contribution is 2.27. The number of carbonyl (C=O) groups is 1. The van der Waals surface area contributed by atoms with Crippen LogP contribution in [-0.4, -0.2) is 41.4 Å². The molecular weight excluding hydrogens is 321 g/mol. The summed E-state index contributed by atoms with van der Waals surface area (Å²) in [4.78, 5) is 14.1. The van der Waals surface area contributed by atoms with Gasteiger partial charge in [0.1, 0.15) is 0 Å². The zero-order valence-corrected chi connectivity index (χ0v) is 13.5. The number of halogens is 3. The van der Waals surface area contributed by atoms with Crippen LogP contribution in [0.25, 0.3) is 0 Å². The van der Waals surface area contributed by atoms with Gasteiger partial charge in [-0.2, -0.15) is 13.2 Å². The van der Waals surface area contributed by atoms with E-state index >= 15 is 0 Å². The minimum atomic E-state index is -4.34. The van der Waals surface area contributed by atoms with E-state index in [1.165, 1.54) is 18.2 Å². The van der Waals surface area contributed by atoms with Crippen molar-refractivity contribution in [1.29, 1.82) is 0 Å². The van der Waals surface area contributed by atoms with Crippen LogP contribution in [0.1, 0.15) is 37.7 Å². The third kappa shape index (κ3) is 5.40. The Bertz CT molecular complexity index is 543. The number of carbonyl (C=O) groups excluding carboxylic acids is 1. The van der Waals surface area contributed by atoms with E-state index < -0.39 is 18.6 Å². The first-order valence-electron chi connectivity index (χ1n) is 8.24. The molecule has 1 fully saturated rings. The number of amides is 2. The molecule has 0 bridgehead atoms. The highest BCUT2D eigenvalue weighted by atomic mass is 19.4. The lowest BCUT2D eigenvalue weighted by Gasteiger charge is -2.34. The van der Waals surface area contributed by atoms with Crippen molar-refractivity contribution in [2.45, 2.75) is 50.7 Å². The van der Waals surface area contributed by atoms with Gasteiger partial charge in [0.05, 0.1) is 13.0 Å². The van der Waals surface area contributed by atoms with Crippen molar-refractivity contribution in [3.63, 3.8) is 0 Å². The average molecular weight is 344 g/mol. The summed E-state index contributed by atoms with van der Waals surface area (Å²) in [5.74, 6) is 0. The molecule has 2 rings (SSSR count). The molecular formula is C17H23F3N2O2. The zero-order valence-electron chi connectivity index (χ0n) is 13.5. The number of aliphatic hydroxyl groups is 1. The third-order valence-corrected chi connectivity index (χ3v) is 4.27. The molecule has 0 aliphatic heterocycles. The number of hydrogen-bond donors (Lipinski definition) is 2. The number of nitrogens with zero attached hydrogens (tertiary/aromatic N) is 1. The molecule has 0 aromatic heterocycles. The van der Waals surface area contributed by atoms with Crippen LogP contribution in [0.5, 0.6) is 0 Å². The smallest absolute Gasteiger partial charge is 0.393 e. The summed E-state index contributed by atoms with van der Waals surface area (Å²) in [5, 5.41) is 11.8. The normalized spacial score (nSPS) is 16.0. The lowest BCUT2D eigenvalue weighted by atomic mass is 9.94. The number of benzene rings is 1. The van der Waals surface area contributed by atoms with Crippen molar-refractivity contribution >= 4 is 11.7 Å². The number of nitrogens with one attached hydrogen (secondary N) is 1. The number of rotatable bonds is 5. The maximum absolute atomic E-state index is 12.7. The van der Waals surface area contributed by atoms with E-state index in [0.29, 0.717) is 0 Å². The highest BCUT2D eigenvalue weighted by molar-refractivity contribution is 5.90. The molecule has 0 heterocycles. The van der Waals surface area contributed by atoms with Crippen molar-refractivity contribution in [2.24, 2.45) is 0 Å². The van der Waals surface area contributed by atoms with Gasteiger partial charge >= 0.3 is 12.2 Å². The zero-order chi connectivity index (χ0) is 17.6. The van der Waals surface area contributed by atoms with Crippen LogP contribution >= 0.6 is 0 Å². The summed E-state index contributed by atoms with van der Waals surface area (Å²) in [6, 6.07) is 5.51. The van der Waals surface area contributed by atoms with Crippen molar-refractivity contribution in [3.05, 3.63) is 29.8 Å². The fourth-order valence-corrected chi connectivity index (χ4v) is 3.15. The van der Waals surface area contributed by atoms with E-state index in [1.54, 1.807) is 11.0 Å². The van der Waals surface area contributed by atoms with Gasteiger partial charge in [-0.25, -0.2) is 4.79 Å². The van der Waals surface area contributed by atoms with Gasteiger partial charge in [0.2, 0.25) is 0 Å². The molecule has 2 N–H and O–H groups in total. The van der Waals surface area contributed by atoms with Crippen molar-refractivity contribution in [3.8, 4) is 0 Å². The number of anilines is 1. The second kappa shape index (κ2) is 8.37. The third-order valence-electron chi connectivity index (χ3n) is 4.27. The molecule has 1 aromatic rings. The Labute approximate surface area is 139 Å². The molecule has 1 aliphatic rings. The summed E-state index contributed by atoms with van der Waals surface area (Å²) in [5.41, 5.74) is 0.199. The molecule has 134 valence electrons. The van der Waals surface area contributed by atoms with Gasteiger partial charge in [0.25, 0.3) is 0 Å². The second-order valence-electron chi connectivity index (χ2n) is 6.09. The van der Waals surface area contributed by atoms with Crippen molar-refractivity contribution < 1.29 is 23.1 Å². The molecule has 0 atom stereocenters. The minimum absolute atomic E-state index is 0.0284. The second-order valence-corrected chi connectivity index (χ2v) is 6.09. The SMILES string of the molecule is O=C(Nc1ccccc1CC(F)(F)F)N(CCO)C1CCCCC1. The number of para-hydroxylation sites is 1. The maximum Gasteiger partial charge on any atom is 0.393 e. The molecule has 0 radical (unpaired) electrons. The Kier molecular flexibility index (Phi) is 6.48. The Balaban J connectivity index is 2.11. The van der Waals surface area contributed by atoms with Crippen LogP contribution in [-0.2, 0) is 6.42 Å². The Morgan fingerprint density at radius 3 is 2.50 bits per heavy atom. The predicted molar refractivity (Wildman–Crippen MR) is 85.9 cm³/mol. The summed E-state index contributed by atoms with van der Waals surface area (Å²) in [7, 11) is 0. The van der Waals surface area contributed by atoms with Gasteiger partial charge in [0, 0.05) is 18.3 Å². The molecule has 4 nitrogen and oxygen atoms in total. The molecule has 0 spiro atoms. The van der Waals surface area contributed by atoms with Crippen LogP contribution < -0.4 is 5.32 Å². The van der Waals surface area contributed by atoms with Crippen LogP contribution in [0.15, 0.2) is 24.3 Å². The monoisotopic (exact) mass is 344 g/mol. The van der Waals surface area contributed by atoms with E-state index in [1.807, 2.05) is 0 Å². The Hall–Kier alpha value is -1.76. The number of alkyl halides is 3. The first kappa shape index (κ1) is 18.6. The Morgan fingerprint density at radius 2 is 1.88 bits per heavy atom. The minimum Gasteiger partial charge on any atom is -0.395 e. The van der Waals surface area contributed by atoms with Gasteiger partial charge in [-0.05, 0) is 24.5 Å². The van der Waals surface area contributed by atoms with Gasteiger partial charge in [-0.1, -0.05) is 37.5 Å². The maximum atomic E-state index is 12.7. The van der Waals surface area contributed by atoms with Crippen LogP contribution in [0.3, 0.4) is 0 Å². The van der Waals surface area contributed by atoms with E-state index in [2.05, 4.69) is 5.32 Å². The molecule has 0 saturated heterocycles. The quantitative estimate of drug-likeness (QED) is 0.850. The van der Waals surface area contributed by atoms with Gasteiger partial charge in [-0.15, -0.1) is 0 Å². The first-order valence-corrected chi connectivity index (χ1v) is 8.24. The highest BCUT2D eigenvalue weighted by Gasteiger charge is 2.30. The lowest BCUT2D eigenvalue weighted by molar-refractivity contribution is -0.127. The predicted octanol–water partition coefficient (Wildman–Crippen LogP) is 3.95.